The van der Waals surface area contributed by atoms with Crippen molar-refractivity contribution in [2.75, 3.05) is 30.5 Å². The fraction of sp³-hybridized carbons (Fsp3) is 0.300. The summed E-state index contributed by atoms with van der Waals surface area (Å²) in [5.41, 5.74) is 3.27. The number of anilines is 1. The topological polar surface area (TPSA) is 63.2 Å². The summed E-state index contributed by atoms with van der Waals surface area (Å²) in [6, 6.07) is 11.8. The fourth-order valence-electron chi connectivity index (χ4n) is 3.55. The van der Waals surface area contributed by atoms with Crippen LogP contribution in [0.5, 0.6) is 0 Å². The minimum absolute atomic E-state index is 0.395. The Morgan fingerprint density at radius 3 is 2.52 bits per heavy atom. The number of rotatable bonds is 3. The molecule has 2 aromatic carbocycles. The van der Waals surface area contributed by atoms with E-state index in [1.165, 1.54) is 16.7 Å². The van der Waals surface area contributed by atoms with Gasteiger partial charge < -0.3 is 4.90 Å². The third kappa shape index (κ3) is 3.66. The summed E-state index contributed by atoms with van der Waals surface area (Å²) in [6.07, 6.45) is 6.61. The summed E-state index contributed by atoms with van der Waals surface area (Å²) >= 11 is 1.71. The highest BCUT2D eigenvalue weighted by molar-refractivity contribution is 7.98. The molecule has 0 aliphatic carbocycles. The maximum absolute atomic E-state index is 11.9. The standard InChI is InChI=1S/C20H21N3O2S2/c1-26-16-4-6-19-18(12-16)20(22-13-21-19)23-9-7-14-3-5-17(27(2,24)25)11-15(14)8-10-23/h3-6,11-13H,7-10H2,1-2H3. The van der Waals surface area contributed by atoms with Crippen molar-refractivity contribution < 1.29 is 8.42 Å². The molecule has 0 N–H and O–H groups in total. The van der Waals surface area contributed by atoms with Crippen LogP contribution >= 0.6 is 11.8 Å². The van der Waals surface area contributed by atoms with Crippen LogP contribution in [-0.4, -0.2) is 44.0 Å². The lowest BCUT2D eigenvalue weighted by Gasteiger charge is -2.22. The number of hydrogen-bond acceptors (Lipinski definition) is 6. The lowest BCUT2D eigenvalue weighted by molar-refractivity contribution is 0.601. The van der Waals surface area contributed by atoms with Gasteiger partial charge in [-0.1, -0.05) is 6.07 Å². The van der Waals surface area contributed by atoms with Crippen LogP contribution in [0.2, 0.25) is 0 Å². The van der Waals surface area contributed by atoms with Gasteiger partial charge in [0.1, 0.15) is 12.1 Å². The van der Waals surface area contributed by atoms with Crippen molar-refractivity contribution in [2.45, 2.75) is 22.6 Å². The lowest BCUT2D eigenvalue weighted by atomic mass is 10.0. The monoisotopic (exact) mass is 399 g/mol. The van der Waals surface area contributed by atoms with Gasteiger partial charge >= 0.3 is 0 Å². The van der Waals surface area contributed by atoms with Gasteiger partial charge in [0.05, 0.1) is 10.4 Å². The second-order valence-electron chi connectivity index (χ2n) is 6.77. The molecule has 0 bridgehead atoms. The van der Waals surface area contributed by atoms with Gasteiger partial charge in [-0.2, -0.15) is 0 Å². The van der Waals surface area contributed by atoms with Crippen LogP contribution in [0.4, 0.5) is 5.82 Å². The fourth-order valence-corrected chi connectivity index (χ4v) is 4.66. The molecular formula is C20H21N3O2S2. The van der Waals surface area contributed by atoms with Crippen LogP contribution in [-0.2, 0) is 22.7 Å². The molecule has 0 saturated heterocycles. The van der Waals surface area contributed by atoms with Gasteiger partial charge in [-0.05, 0) is 60.6 Å². The smallest absolute Gasteiger partial charge is 0.175 e. The first-order chi connectivity index (χ1) is 13.0. The third-order valence-corrected chi connectivity index (χ3v) is 6.86. The first-order valence-corrected chi connectivity index (χ1v) is 11.9. The van der Waals surface area contributed by atoms with Crippen LogP contribution in [0.3, 0.4) is 0 Å². The molecule has 1 aliphatic rings. The van der Waals surface area contributed by atoms with Gasteiger partial charge in [0.2, 0.25) is 0 Å². The molecule has 2 heterocycles. The molecular weight excluding hydrogens is 378 g/mol. The normalized spacial score (nSPS) is 14.8. The second-order valence-corrected chi connectivity index (χ2v) is 9.67. The molecule has 140 valence electrons. The number of benzene rings is 2. The van der Waals surface area contributed by atoms with E-state index in [2.05, 4.69) is 33.3 Å². The van der Waals surface area contributed by atoms with E-state index in [4.69, 9.17) is 0 Å². The van der Waals surface area contributed by atoms with Gasteiger partial charge in [0.15, 0.2) is 9.84 Å². The molecule has 0 atom stereocenters. The molecule has 3 aromatic rings. The van der Waals surface area contributed by atoms with E-state index in [9.17, 15) is 8.42 Å². The van der Waals surface area contributed by atoms with Crippen molar-refractivity contribution in [3.63, 3.8) is 0 Å². The molecule has 5 nitrogen and oxygen atoms in total. The van der Waals surface area contributed by atoms with Gasteiger partial charge in [0.25, 0.3) is 0 Å². The van der Waals surface area contributed by atoms with Crippen molar-refractivity contribution in [3.05, 3.63) is 53.9 Å². The van der Waals surface area contributed by atoms with E-state index in [1.54, 1.807) is 24.2 Å². The Bertz CT molecular complexity index is 1110. The Balaban J connectivity index is 1.69. The minimum Gasteiger partial charge on any atom is -0.355 e. The highest BCUT2D eigenvalue weighted by Crippen LogP contribution is 2.29. The van der Waals surface area contributed by atoms with E-state index in [1.807, 2.05) is 18.2 Å². The van der Waals surface area contributed by atoms with Crippen molar-refractivity contribution in [1.29, 1.82) is 0 Å². The van der Waals surface area contributed by atoms with E-state index in [-0.39, 0.29) is 0 Å². The van der Waals surface area contributed by atoms with Gasteiger partial charge in [-0.15, -0.1) is 11.8 Å². The SMILES string of the molecule is CSc1ccc2ncnc(N3CCc4ccc(S(C)(=O)=O)cc4CC3)c2c1. The molecule has 27 heavy (non-hydrogen) atoms. The summed E-state index contributed by atoms with van der Waals surface area (Å²) in [5.74, 6) is 0.951. The summed E-state index contributed by atoms with van der Waals surface area (Å²) in [7, 11) is -3.19. The molecule has 0 radical (unpaired) electrons. The minimum atomic E-state index is -3.19. The number of aromatic nitrogens is 2. The van der Waals surface area contributed by atoms with Gasteiger partial charge in [0, 0.05) is 29.6 Å². The lowest BCUT2D eigenvalue weighted by Crippen LogP contribution is -2.27. The summed E-state index contributed by atoms with van der Waals surface area (Å²) in [4.78, 5) is 12.8. The van der Waals surface area contributed by atoms with Crippen molar-refractivity contribution in [1.82, 2.24) is 9.97 Å². The van der Waals surface area contributed by atoms with Crippen LogP contribution in [0.15, 0.2) is 52.5 Å². The molecule has 7 heteroatoms. The van der Waals surface area contributed by atoms with E-state index in [0.29, 0.717) is 4.90 Å². The average molecular weight is 400 g/mol. The van der Waals surface area contributed by atoms with E-state index >= 15 is 0 Å². The molecule has 0 unspecified atom stereocenters. The maximum atomic E-state index is 11.9. The average Bonchev–Trinajstić information content (AvgIpc) is 2.88. The summed E-state index contributed by atoms with van der Waals surface area (Å²) in [5, 5.41) is 1.06. The number of hydrogen-bond donors (Lipinski definition) is 0. The zero-order chi connectivity index (χ0) is 19.0. The molecule has 1 aromatic heterocycles. The van der Waals surface area contributed by atoms with Crippen molar-refractivity contribution in [2.24, 2.45) is 0 Å². The zero-order valence-corrected chi connectivity index (χ0v) is 17.0. The van der Waals surface area contributed by atoms with Crippen LogP contribution in [0, 0.1) is 0 Å². The largest absolute Gasteiger partial charge is 0.355 e. The third-order valence-electron chi connectivity index (χ3n) is 5.03. The molecule has 1 aliphatic heterocycles. The molecule has 0 saturated carbocycles. The van der Waals surface area contributed by atoms with Crippen molar-refractivity contribution >= 4 is 38.3 Å². The van der Waals surface area contributed by atoms with Crippen LogP contribution in [0.25, 0.3) is 10.9 Å². The predicted molar refractivity (Wildman–Crippen MR) is 110 cm³/mol. The second kappa shape index (κ2) is 7.13. The Hall–Kier alpha value is -2.12. The summed E-state index contributed by atoms with van der Waals surface area (Å²) in [6.45, 7) is 1.65. The highest BCUT2D eigenvalue weighted by Gasteiger charge is 2.19. The van der Waals surface area contributed by atoms with Gasteiger partial charge in [-0.25, -0.2) is 18.4 Å². The first-order valence-electron chi connectivity index (χ1n) is 8.81. The number of sulfone groups is 1. The first kappa shape index (κ1) is 18.3. The quantitative estimate of drug-likeness (QED) is 0.630. The Labute approximate surface area is 163 Å². The molecule has 4 rings (SSSR count). The maximum Gasteiger partial charge on any atom is 0.175 e. The van der Waals surface area contributed by atoms with E-state index in [0.717, 1.165) is 48.2 Å². The molecule has 0 fully saturated rings. The summed E-state index contributed by atoms with van der Waals surface area (Å²) < 4.78 is 23.7. The van der Waals surface area contributed by atoms with Crippen LogP contribution in [0.1, 0.15) is 11.1 Å². The Morgan fingerprint density at radius 2 is 1.78 bits per heavy atom. The van der Waals surface area contributed by atoms with E-state index < -0.39 is 9.84 Å². The zero-order valence-electron chi connectivity index (χ0n) is 15.3. The molecule has 0 spiro atoms. The molecule has 0 amide bonds. The van der Waals surface area contributed by atoms with Crippen LogP contribution < -0.4 is 4.90 Å². The number of fused-ring (bicyclic) bond motifs is 2. The Morgan fingerprint density at radius 1 is 1.00 bits per heavy atom. The van der Waals surface area contributed by atoms with Crippen molar-refractivity contribution in [3.8, 4) is 0 Å². The Kier molecular flexibility index (Phi) is 4.82. The predicted octanol–water partition coefficient (Wildman–Crippen LogP) is 3.36. The number of thioether (sulfide) groups is 1. The van der Waals surface area contributed by atoms with Gasteiger partial charge in [-0.3, -0.25) is 0 Å². The number of nitrogens with zero attached hydrogens (tertiary/aromatic N) is 3. The highest BCUT2D eigenvalue weighted by atomic mass is 32.2.